The van der Waals surface area contributed by atoms with Crippen LogP contribution in [-0.4, -0.2) is 30.3 Å². The van der Waals surface area contributed by atoms with Gasteiger partial charge < -0.3 is 20.9 Å². The Morgan fingerprint density at radius 3 is 3.12 bits per heavy atom. The first-order valence-corrected chi connectivity index (χ1v) is 5.17. The van der Waals surface area contributed by atoms with Crippen molar-refractivity contribution in [3.8, 4) is 5.75 Å². The number of fused-ring (bicyclic) bond motifs is 1. The maximum absolute atomic E-state index is 10.8. The molecule has 1 aromatic carbocycles. The lowest BCUT2D eigenvalue weighted by molar-refractivity contribution is 0.0697. The van der Waals surface area contributed by atoms with E-state index in [2.05, 4.69) is 5.32 Å². The largest absolute Gasteiger partial charge is 0.489 e. The molecule has 1 aromatic rings. The summed E-state index contributed by atoms with van der Waals surface area (Å²) >= 11 is 0. The van der Waals surface area contributed by atoms with Crippen LogP contribution in [0.2, 0.25) is 0 Å². The number of nitrogens with two attached hydrogens (primary N) is 1. The van der Waals surface area contributed by atoms with Crippen LogP contribution in [0.15, 0.2) is 18.2 Å². The van der Waals surface area contributed by atoms with Gasteiger partial charge in [-0.15, -0.1) is 0 Å². The predicted molar refractivity (Wildman–Crippen MR) is 60.0 cm³/mol. The lowest BCUT2D eigenvalue weighted by Gasteiger charge is -2.27. The maximum atomic E-state index is 10.8. The summed E-state index contributed by atoms with van der Waals surface area (Å²) in [5, 5.41) is 12.1. The first-order chi connectivity index (χ1) is 7.70. The maximum Gasteiger partial charge on any atom is 0.335 e. The van der Waals surface area contributed by atoms with E-state index in [1.807, 2.05) is 0 Å². The van der Waals surface area contributed by atoms with Gasteiger partial charge in [-0.05, 0) is 31.2 Å². The van der Waals surface area contributed by atoms with Crippen LogP contribution in [0.1, 0.15) is 16.8 Å². The highest BCUT2D eigenvalue weighted by Crippen LogP contribution is 2.30. The van der Waals surface area contributed by atoms with Crippen molar-refractivity contribution in [2.45, 2.75) is 12.5 Å². The standard InChI is InChI=1S/C11H14N2O3/c12-4-3-8-6-16-10-2-1-7(11(14)15)5-9(10)13-8/h1-2,5,8,13H,3-4,6,12H2,(H,14,15). The smallest absolute Gasteiger partial charge is 0.335 e. The van der Waals surface area contributed by atoms with Crippen molar-refractivity contribution in [3.05, 3.63) is 23.8 Å². The van der Waals surface area contributed by atoms with Crippen LogP contribution in [0.4, 0.5) is 5.69 Å². The second kappa shape index (κ2) is 4.40. The Morgan fingerprint density at radius 1 is 1.62 bits per heavy atom. The van der Waals surface area contributed by atoms with Gasteiger partial charge in [-0.1, -0.05) is 0 Å². The third-order valence-corrected chi connectivity index (χ3v) is 2.54. The van der Waals surface area contributed by atoms with Crippen LogP contribution in [-0.2, 0) is 0 Å². The number of carbonyl (C=O) groups is 1. The topological polar surface area (TPSA) is 84.6 Å². The van der Waals surface area contributed by atoms with Gasteiger partial charge in [-0.2, -0.15) is 0 Å². The molecule has 0 aliphatic carbocycles. The fourth-order valence-corrected chi connectivity index (χ4v) is 1.71. The molecular weight excluding hydrogens is 208 g/mol. The first kappa shape index (κ1) is 10.8. The Hall–Kier alpha value is -1.75. The molecule has 1 unspecified atom stereocenters. The molecule has 0 saturated heterocycles. The number of hydrogen-bond donors (Lipinski definition) is 3. The highest BCUT2D eigenvalue weighted by atomic mass is 16.5. The summed E-state index contributed by atoms with van der Waals surface area (Å²) in [5.74, 6) is -0.246. The molecule has 0 aromatic heterocycles. The normalized spacial score (nSPS) is 18.2. The van der Waals surface area contributed by atoms with E-state index in [-0.39, 0.29) is 11.6 Å². The summed E-state index contributed by atoms with van der Waals surface area (Å²) in [5.41, 5.74) is 6.45. The van der Waals surface area contributed by atoms with Gasteiger partial charge in [0.25, 0.3) is 0 Å². The van der Waals surface area contributed by atoms with E-state index < -0.39 is 5.97 Å². The average Bonchev–Trinajstić information content (AvgIpc) is 2.28. The Bertz CT molecular complexity index is 406. The lowest BCUT2D eigenvalue weighted by Crippen LogP contribution is -2.33. The van der Waals surface area contributed by atoms with Gasteiger partial charge in [0.05, 0.1) is 17.3 Å². The molecule has 1 aliphatic heterocycles. The average molecular weight is 222 g/mol. The van der Waals surface area contributed by atoms with Gasteiger partial charge in [-0.3, -0.25) is 0 Å². The van der Waals surface area contributed by atoms with Gasteiger partial charge >= 0.3 is 5.97 Å². The van der Waals surface area contributed by atoms with Crippen molar-refractivity contribution < 1.29 is 14.6 Å². The number of ether oxygens (including phenoxy) is 1. The number of benzene rings is 1. The minimum atomic E-state index is -0.939. The van der Waals surface area contributed by atoms with Crippen molar-refractivity contribution >= 4 is 11.7 Å². The van der Waals surface area contributed by atoms with E-state index in [1.54, 1.807) is 12.1 Å². The number of rotatable bonds is 3. The van der Waals surface area contributed by atoms with Crippen LogP contribution in [0.5, 0.6) is 5.75 Å². The molecule has 86 valence electrons. The van der Waals surface area contributed by atoms with Gasteiger partial charge in [0, 0.05) is 0 Å². The molecule has 0 fully saturated rings. The summed E-state index contributed by atoms with van der Waals surface area (Å²) in [4.78, 5) is 10.8. The third kappa shape index (κ3) is 2.09. The predicted octanol–water partition coefficient (Wildman–Crippen LogP) is 0.906. The lowest BCUT2D eigenvalue weighted by atomic mass is 10.1. The number of anilines is 1. The van der Waals surface area contributed by atoms with Crippen LogP contribution >= 0.6 is 0 Å². The number of nitrogens with one attached hydrogen (secondary N) is 1. The molecule has 5 nitrogen and oxygen atoms in total. The van der Waals surface area contributed by atoms with Crippen LogP contribution in [0.25, 0.3) is 0 Å². The van der Waals surface area contributed by atoms with Gasteiger partial charge in [-0.25, -0.2) is 4.79 Å². The fraction of sp³-hybridized carbons (Fsp3) is 0.364. The molecule has 0 radical (unpaired) electrons. The minimum absolute atomic E-state index is 0.154. The quantitative estimate of drug-likeness (QED) is 0.707. The molecule has 16 heavy (non-hydrogen) atoms. The zero-order valence-electron chi connectivity index (χ0n) is 8.77. The van der Waals surface area contributed by atoms with Crippen LogP contribution < -0.4 is 15.8 Å². The Morgan fingerprint density at radius 2 is 2.44 bits per heavy atom. The summed E-state index contributed by atoms with van der Waals surface area (Å²) < 4.78 is 5.51. The zero-order chi connectivity index (χ0) is 11.5. The highest BCUT2D eigenvalue weighted by Gasteiger charge is 2.19. The highest BCUT2D eigenvalue weighted by molar-refractivity contribution is 5.89. The molecule has 0 bridgehead atoms. The summed E-state index contributed by atoms with van der Waals surface area (Å²) in [7, 11) is 0. The summed E-state index contributed by atoms with van der Waals surface area (Å²) in [6, 6.07) is 4.94. The van der Waals surface area contributed by atoms with Gasteiger partial charge in [0.15, 0.2) is 0 Å². The molecular formula is C11H14N2O3. The van der Waals surface area contributed by atoms with Crippen molar-refractivity contribution in [1.82, 2.24) is 0 Å². The number of hydrogen-bond acceptors (Lipinski definition) is 4. The number of aromatic carboxylic acids is 1. The molecule has 1 atom stereocenters. The van der Waals surface area contributed by atoms with Crippen molar-refractivity contribution in [3.63, 3.8) is 0 Å². The zero-order valence-corrected chi connectivity index (χ0v) is 8.77. The number of carboxylic acids is 1. The molecule has 0 spiro atoms. The molecule has 0 amide bonds. The molecule has 5 heteroatoms. The summed E-state index contributed by atoms with van der Waals surface area (Å²) in [6.07, 6.45) is 0.802. The fourth-order valence-electron chi connectivity index (χ4n) is 1.71. The molecule has 1 heterocycles. The minimum Gasteiger partial charge on any atom is -0.489 e. The summed E-state index contributed by atoms with van der Waals surface area (Å²) in [6.45, 7) is 1.14. The molecule has 1 aliphatic rings. The van der Waals surface area contributed by atoms with Gasteiger partial charge in [0.2, 0.25) is 0 Å². The van der Waals surface area contributed by atoms with E-state index in [0.29, 0.717) is 18.9 Å². The van der Waals surface area contributed by atoms with E-state index in [4.69, 9.17) is 15.6 Å². The third-order valence-electron chi connectivity index (χ3n) is 2.54. The van der Waals surface area contributed by atoms with Crippen LogP contribution in [0, 0.1) is 0 Å². The van der Waals surface area contributed by atoms with Crippen molar-refractivity contribution in [1.29, 1.82) is 0 Å². The Labute approximate surface area is 93.2 Å². The van der Waals surface area contributed by atoms with E-state index in [1.165, 1.54) is 6.07 Å². The monoisotopic (exact) mass is 222 g/mol. The SMILES string of the molecule is NCCC1COc2ccc(C(=O)O)cc2N1. The van der Waals surface area contributed by atoms with Crippen LogP contribution in [0.3, 0.4) is 0 Å². The van der Waals surface area contributed by atoms with Crippen molar-refractivity contribution in [2.75, 3.05) is 18.5 Å². The Balaban J connectivity index is 2.21. The molecule has 0 saturated carbocycles. The van der Waals surface area contributed by atoms with Gasteiger partial charge in [0.1, 0.15) is 12.4 Å². The van der Waals surface area contributed by atoms with E-state index >= 15 is 0 Å². The second-order valence-corrected chi connectivity index (χ2v) is 3.75. The van der Waals surface area contributed by atoms with E-state index in [9.17, 15) is 4.79 Å². The molecule has 4 N–H and O–H groups in total. The van der Waals surface area contributed by atoms with E-state index in [0.717, 1.165) is 12.1 Å². The number of carboxylic acid groups (broad SMARTS) is 1. The Kier molecular flexibility index (Phi) is 2.96. The van der Waals surface area contributed by atoms with Crippen molar-refractivity contribution in [2.24, 2.45) is 5.73 Å². The second-order valence-electron chi connectivity index (χ2n) is 3.75. The first-order valence-electron chi connectivity index (χ1n) is 5.17. The molecule has 2 rings (SSSR count).